The predicted molar refractivity (Wildman–Crippen MR) is 93.3 cm³/mol. The van der Waals surface area contributed by atoms with Crippen molar-refractivity contribution in [1.82, 2.24) is 5.16 Å². The topological polar surface area (TPSA) is 85.3 Å². The van der Waals surface area contributed by atoms with Gasteiger partial charge in [-0.2, -0.15) is 5.26 Å². The molecule has 0 spiro atoms. The molecule has 1 fully saturated rings. The van der Waals surface area contributed by atoms with Crippen LogP contribution in [0, 0.1) is 17.2 Å². The Kier molecular flexibility index (Phi) is 6.53. The number of aromatic nitrogens is 1. The van der Waals surface area contributed by atoms with Crippen LogP contribution in [0.5, 0.6) is 0 Å². The Bertz CT molecular complexity index is 772. The molecule has 136 valence electrons. The second kappa shape index (κ2) is 9.27. The molecular weight excluding hydrogens is 332 g/mol. The van der Waals surface area contributed by atoms with Gasteiger partial charge < -0.3 is 14.0 Å². The van der Waals surface area contributed by atoms with Crippen molar-refractivity contribution in [2.24, 2.45) is 5.92 Å². The van der Waals surface area contributed by atoms with Gasteiger partial charge >= 0.3 is 0 Å². The molecule has 1 saturated heterocycles. The molecule has 0 radical (unpaired) electrons. The van der Waals surface area contributed by atoms with Gasteiger partial charge in [-0.05, 0) is 42.9 Å². The molecule has 26 heavy (non-hydrogen) atoms. The van der Waals surface area contributed by atoms with Crippen LogP contribution in [0.2, 0.25) is 0 Å². The van der Waals surface area contributed by atoms with Crippen LogP contribution < -0.4 is 0 Å². The number of rotatable bonds is 8. The summed E-state index contributed by atoms with van der Waals surface area (Å²) in [6.07, 6.45) is 3.41. The van der Waals surface area contributed by atoms with E-state index in [9.17, 15) is 4.79 Å². The molecular formula is C20H22N2O4. The molecule has 1 aromatic heterocycles. The fraction of sp³-hybridized carbons (Fsp3) is 0.450. The van der Waals surface area contributed by atoms with Crippen LogP contribution in [0.25, 0.3) is 0 Å². The lowest BCUT2D eigenvalue weighted by atomic mass is 9.93. The van der Waals surface area contributed by atoms with Gasteiger partial charge in [0.2, 0.25) is 0 Å². The number of carbonyl (C=O) groups is 1. The summed E-state index contributed by atoms with van der Waals surface area (Å²) in [5, 5.41) is 12.8. The van der Waals surface area contributed by atoms with Gasteiger partial charge in [-0.3, -0.25) is 4.79 Å². The SMILES string of the molecule is N#Cc1cccc(COCc2cc(C(=O)CCC3CCOCC3)no2)c1. The monoisotopic (exact) mass is 354 g/mol. The first-order valence-corrected chi connectivity index (χ1v) is 8.88. The number of ketones is 1. The number of nitrogens with zero attached hydrogens (tertiary/aromatic N) is 2. The molecule has 6 heteroatoms. The Morgan fingerprint density at radius 3 is 2.92 bits per heavy atom. The number of Topliss-reactive ketones (excluding diaryl/α,β-unsaturated/α-hetero) is 1. The molecule has 0 unspecified atom stereocenters. The van der Waals surface area contributed by atoms with Crippen molar-refractivity contribution in [2.75, 3.05) is 13.2 Å². The number of ether oxygens (including phenoxy) is 2. The summed E-state index contributed by atoms with van der Waals surface area (Å²) >= 11 is 0. The Morgan fingerprint density at radius 1 is 1.27 bits per heavy atom. The lowest BCUT2D eigenvalue weighted by Gasteiger charge is -2.21. The van der Waals surface area contributed by atoms with Gasteiger partial charge in [0.25, 0.3) is 0 Å². The molecule has 0 N–H and O–H groups in total. The van der Waals surface area contributed by atoms with Gasteiger partial charge in [-0.1, -0.05) is 17.3 Å². The van der Waals surface area contributed by atoms with Crippen LogP contribution in [0.15, 0.2) is 34.9 Å². The Balaban J connectivity index is 1.43. The number of carbonyl (C=O) groups excluding carboxylic acids is 1. The standard InChI is InChI=1S/C20H22N2O4/c21-12-16-2-1-3-17(10-16)13-25-14-18-11-19(22-26-18)20(23)5-4-15-6-8-24-9-7-15/h1-3,10-11,15H,4-9,13-14H2. The van der Waals surface area contributed by atoms with Crippen molar-refractivity contribution >= 4 is 5.78 Å². The van der Waals surface area contributed by atoms with Gasteiger partial charge in [0.15, 0.2) is 11.5 Å². The number of hydrogen-bond acceptors (Lipinski definition) is 6. The van der Waals surface area contributed by atoms with E-state index in [1.807, 2.05) is 12.1 Å². The lowest BCUT2D eigenvalue weighted by Crippen LogP contribution is -2.16. The smallest absolute Gasteiger partial charge is 0.184 e. The van der Waals surface area contributed by atoms with Gasteiger partial charge in [0.1, 0.15) is 12.3 Å². The first-order valence-electron chi connectivity index (χ1n) is 8.88. The molecule has 0 aliphatic carbocycles. The summed E-state index contributed by atoms with van der Waals surface area (Å²) in [7, 11) is 0. The molecule has 2 aromatic rings. The highest BCUT2D eigenvalue weighted by Crippen LogP contribution is 2.21. The first-order chi connectivity index (χ1) is 12.7. The molecule has 3 rings (SSSR count). The quantitative estimate of drug-likeness (QED) is 0.673. The minimum atomic E-state index is 0.00760. The van der Waals surface area contributed by atoms with Crippen LogP contribution in [-0.4, -0.2) is 24.2 Å². The zero-order chi connectivity index (χ0) is 18.2. The van der Waals surface area contributed by atoms with Gasteiger partial charge in [-0.25, -0.2) is 0 Å². The van der Waals surface area contributed by atoms with E-state index in [0.29, 0.717) is 36.0 Å². The van der Waals surface area contributed by atoms with Crippen molar-refractivity contribution in [3.8, 4) is 6.07 Å². The van der Waals surface area contributed by atoms with Crippen molar-refractivity contribution in [2.45, 2.75) is 38.9 Å². The maximum absolute atomic E-state index is 12.2. The fourth-order valence-corrected chi connectivity index (χ4v) is 3.01. The van der Waals surface area contributed by atoms with Crippen molar-refractivity contribution in [1.29, 1.82) is 5.26 Å². The summed E-state index contributed by atoms with van der Waals surface area (Å²) in [6, 6.07) is 11.0. The molecule has 0 amide bonds. The predicted octanol–water partition coefficient (Wildman–Crippen LogP) is 3.65. The van der Waals surface area contributed by atoms with Gasteiger partial charge in [-0.15, -0.1) is 0 Å². The average Bonchev–Trinajstić information content (AvgIpc) is 3.16. The Hall–Kier alpha value is -2.49. The zero-order valence-corrected chi connectivity index (χ0v) is 14.6. The van der Waals surface area contributed by atoms with Crippen LogP contribution in [0.1, 0.15) is 53.1 Å². The van der Waals surface area contributed by atoms with E-state index in [0.717, 1.165) is 38.0 Å². The third-order valence-electron chi connectivity index (χ3n) is 4.53. The normalized spacial score (nSPS) is 14.9. The average molecular weight is 354 g/mol. The fourth-order valence-electron chi connectivity index (χ4n) is 3.01. The molecule has 0 saturated carbocycles. The van der Waals surface area contributed by atoms with E-state index in [2.05, 4.69) is 11.2 Å². The number of hydrogen-bond donors (Lipinski definition) is 0. The summed E-state index contributed by atoms with van der Waals surface area (Å²) in [4.78, 5) is 12.2. The maximum atomic E-state index is 12.2. The summed E-state index contributed by atoms with van der Waals surface area (Å²) in [5.74, 6) is 1.09. The molecule has 0 bridgehead atoms. The second-order valence-corrected chi connectivity index (χ2v) is 6.50. The summed E-state index contributed by atoms with van der Waals surface area (Å²) < 4.78 is 16.1. The van der Waals surface area contributed by atoms with Crippen LogP contribution in [0.3, 0.4) is 0 Å². The molecule has 1 aliphatic heterocycles. The van der Waals surface area contributed by atoms with Gasteiger partial charge in [0.05, 0.1) is 18.2 Å². The number of benzene rings is 1. The highest BCUT2D eigenvalue weighted by molar-refractivity contribution is 5.94. The minimum Gasteiger partial charge on any atom is -0.381 e. The highest BCUT2D eigenvalue weighted by Gasteiger charge is 2.18. The van der Waals surface area contributed by atoms with E-state index >= 15 is 0 Å². The van der Waals surface area contributed by atoms with E-state index in [4.69, 9.17) is 19.3 Å². The zero-order valence-electron chi connectivity index (χ0n) is 14.6. The van der Waals surface area contributed by atoms with E-state index < -0.39 is 0 Å². The molecule has 1 aromatic carbocycles. The molecule has 1 aliphatic rings. The van der Waals surface area contributed by atoms with E-state index in [1.165, 1.54) is 0 Å². The molecule has 0 atom stereocenters. The highest BCUT2D eigenvalue weighted by atomic mass is 16.5. The second-order valence-electron chi connectivity index (χ2n) is 6.50. The van der Waals surface area contributed by atoms with E-state index in [-0.39, 0.29) is 12.4 Å². The molecule has 6 nitrogen and oxygen atoms in total. The number of nitriles is 1. The van der Waals surface area contributed by atoms with Crippen LogP contribution >= 0.6 is 0 Å². The largest absolute Gasteiger partial charge is 0.381 e. The Labute approximate surface area is 152 Å². The van der Waals surface area contributed by atoms with E-state index in [1.54, 1.807) is 18.2 Å². The molecule has 2 heterocycles. The first kappa shape index (κ1) is 18.3. The third kappa shape index (κ3) is 5.25. The maximum Gasteiger partial charge on any atom is 0.184 e. The van der Waals surface area contributed by atoms with Crippen molar-refractivity contribution < 1.29 is 18.8 Å². The van der Waals surface area contributed by atoms with Crippen LogP contribution in [-0.2, 0) is 22.7 Å². The van der Waals surface area contributed by atoms with Gasteiger partial charge in [0, 0.05) is 25.7 Å². The third-order valence-corrected chi connectivity index (χ3v) is 4.53. The Morgan fingerprint density at radius 2 is 2.12 bits per heavy atom. The lowest BCUT2D eigenvalue weighted by molar-refractivity contribution is 0.0618. The van der Waals surface area contributed by atoms with Crippen LogP contribution in [0.4, 0.5) is 0 Å². The summed E-state index contributed by atoms with van der Waals surface area (Å²) in [5.41, 5.74) is 1.88. The minimum absolute atomic E-state index is 0.00760. The van der Waals surface area contributed by atoms with Crippen molar-refractivity contribution in [3.63, 3.8) is 0 Å². The van der Waals surface area contributed by atoms with Crippen molar-refractivity contribution in [3.05, 3.63) is 52.9 Å². The summed E-state index contributed by atoms with van der Waals surface area (Å²) in [6.45, 7) is 2.18.